The number of benzene rings is 2. The Morgan fingerprint density at radius 2 is 1.95 bits per heavy atom. The largest absolute Gasteiger partial charge is 0.383 e. The van der Waals surface area contributed by atoms with Crippen LogP contribution in [0.5, 0.6) is 0 Å². The summed E-state index contributed by atoms with van der Waals surface area (Å²) in [5.41, 5.74) is 7.17. The first-order valence-electron chi connectivity index (χ1n) is 7.22. The van der Waals surface area contributed by atoms with E-state index >= 15 is 0 Å². The van der Waals surface area contributed by atoms with E-state index in [0.29, 0.717) is 19.1 Å². The van der Waals surface area contributed by atoms with Gasteiger partial charge in [-0.1, -0.05) is 42.5 Å². The lowest BCUT2D eigenvalue weighted by Gasteiger charge is -2.13. The molecule has 0 saturated carbocycles. The van der Waals surface area contributed by atoms with E-state index < -0.39 is 0 Å². The van der Waals surface area contributed by atoms with Crippen LogP contribution >= 0.6 is 24.0 Å². The van der Waals surface area contributed by atoms with E-state index in [2.05, 4.69) is 52.8 Å². The third kappa shape index (κ3) is 5.46. The molecule has 0 amide bonds. The van der Waals surface area contributed by atoms with Gasteiger partial charge < -0.3 is 15.8 Å². The summed E-state index contributed by atoms with van der Waals surface area (Å²) in [7, 11) is 1.67. The molecule has 0 spiro atoms. The zero-order chi connectivity index (χ0) is 15.1. The van der Waals surface area contributed by atoms with Gasteiger partial charge in [0, 0.05) is 19.7 Å². The van der Waals surface area contributed by atoms with Crippen molar-refractivity contribution in [1.82, 2.24) is 5.32 Å². The first-order chi connectivity index (χ1) is 10.2. The Balaban J connectivity index is 0.00000242. The Morgan fingerprint density at radius 1 is 1.23 bits per heavy atom. The molecule has 22 heavy (non-hydrogen) atoms. The minimum absolute atomic E-state index is 0. The molecule has 0 saturated heterocycles. The van der Waals surface area contributed by atoms with Gasteiger partial charge >= 0.3 is 0 Å². The average Bonchev–Trinajstić information content (AvgIpc) is 2.47. The number of methoxy groups -OCH3 is 1. The second-order valence-electron chi connectivity index (χ2n) is 5.16. The van der Waals surface area contributed by atoms with E-state index in [-0.39, 0.29) is 30.0 Å². The number of ether oxygens (including phenoxy) is 1. The number of rotatable bonds is 6. The Hall–Kier alpha value is -1.34. The number of nitrogens with one attached hydrogen (secondary N) is 1. The molecule has 0 radical (unpaired) electrons. The van der Waals surface area contributed by atoms with Gasteiger partial charge in [0.25, 0.3) is 0 Å². The molecule has 3 N–H and O–H groups in total. The molecular formula is C17H24IN3O. The molecule has 2 aromatic carbocycles. The van der Waals surface area contributed by atoms with Crippen LogP contribution in [0.15, 0.2) is 47.5 Å². The second kappa shape index (κ2) is 9.63. The van der Waals surface area contributed by atoms with Crippen LogP contribution in [0.25, 0.3) is 10.8 Å². The van der Waals surface area contributed by atoms with Crippen molar-refractivity contribution in [3.05, 3.63) is 48.0 Å². The Bertz CT molecular complexity index is 610. The van der Waals surface area contributed by atoms with E-state index in [4.69, 9.17) is 10.5 Å². The predicted octanol–water partition coefficient (Wildman–Crippen LogP) is 2.94. The van der Waals surface area contributed by atoms with Crippen LogP contribution in [0.3, 0.4) is 0 Å². The molecule has 1 unspecified atom stereocenters. The highest BCUT2D eigenvalue weighted by Crippen LogP contribution is 2.18. The first-order valence-corrected chi connectivity index (χ1v) is 7.22. The van der Waals surface area contributed by atoms with E-state index in [1.165, 1.54) is 16.3 Å². The summed E-state index contributed by atoms with van der Waals surface area (Å²) in [5.74, 6) is 0.472. The van der Waals surface area contributed by atoms with Crippen LogP contribution in [0.2, 0.25) is 0 Å². The Labute approximate surface area is 149 Å². The number of hydrogen-bond acceptors (Lipinski definition) is 2. The number of aliphatic imine (C=N–C) groups is 1. The molecular weight excluding hydrogens is 389 g/mol. The fraction of sp³-hybridized carbons (Fsp3) is 0.353. The molecule has 4 nitrogen and oxygen atoms in total. The third-order valence-electron chi connectivity index (χ3n) is 3.35. The standard InChI is InChI=1S/C17H23N3O.HI/c1-13(12-21-2)20-17(18)19-11-10-15-8-5-7-14-6-3-4-9-16(14)15;/h3-9,13H,10-12H2,1-2H3,(H3,18,19,20);1H. The number of fused-ring (bicyclic) bond motifs is 1. The van der Waals surface area contributed by atoms with Crippen LogP contribution < -0.4 is 11.1 Å². The highest BCUT2D eigenvalue weighted by Gasteiger charge is 2.02. The number of guanidine groups is 1. The number of hydrogen-bond donors (Lipinski definition) is 2. The van der Waals surface area contributed by atoms with Gasteiger partial charge in [-0.3, -0.25) is 4.99 Å². The van der Waals surface area contributed by atoms with Gasteiger partial charge in [-0.25, -0.2) is 0 Å². The zero-order valence-corrected chi connectivity index (χ0v) is 15.4. The molecule has 0 aromatic heterocycles. The summed E-state index contributed by atoms with van der Waals surface area (Å²) < 4.78 is 5.05. The van der Waals surface area contributed by atoms with Gasteiger partial charge in [0.1, 0.15) is 0 Å². The highest BCUT2D eigenvalue weighted by atomic mass is 127. The zero-order valence-electron chi connectivity index (χ0n) is 13.1. The van der Waals surface area contributed by atoms with Crippen LogP contribution in [0.4, 0.5) is 0 Å². The number of nitrogens with two attached hydrogens (primary N) is 1. The van der Waals surface area contributed by atoms with Crippen molar-refractivity contribution < 1.29 is 4.74 Å². The number of halogens is 1. The molecule has 0 aliphatic rings. The summed E-state index contributed by atoms with van der Waals surface area (Å²) in [5, 5.41) is 5.66. The third-order valence-corrected chi connectivity index (χ3v) is 3.35. The van der Waals surface area contributed by atoms with Crippen molar-refractivity contribution in [3.63, 3.8) is 0 Å². The van der Waals surface area contributed by atoms with Crippen molar-refractivity contribution in [2.24, 2.45) is 10.7 Å². The number of nitrogens with zero attached hydrogens (tertiary/aromatic N) is 1. The summed E-state index contributed by atoms with van der Waals surface area (Å²) in [4.78, 5) is 4.38. The summed E-state index contributed by atoms with van der Waals surface area (Å²) in [6.45, 7) is 3.29. The molecule has 1 atom stereocenters. The highest BCUT2D eigenvalue weighted by molar-refractivity contribution is 14.0. The van der Waals surface area contributed by atoms with Crippen molar-refractivity contribution in [2.45, 2.75) is 19.4 Å². The minimum atomic E-state index is 0. The van der Waals surface area contributed by atoms with Gasteiger partial charge in [0.05, 0.1) is 6.61 Å². The van der Waals surface area contributed by atoms with Crippen molar-refractivity contribution in [1.29, 1.82) is 0 Å². The quantitative estimate of drug-likeness (QED) is 0.435. The van der Waals surface area contributed by atoms with Crippen LogP contribution in [0, 0.1) is 0 Å². The second-order valence-corrected chi connectivity index (χ2v) is 5.16. The minimum Gasteiger partial charge on any atom is -0.383 e. The fourth-order valence-corrected chi connectivity index (χ4v) is 2.40. The Kier molecular flexibility index (Phi) is 8.19. The molecule has 0 aliphatic heterocycles. The van der Waals surface area contributed by atoms with Gasteiger partial charge in [-0.15, -0.1) is 24.0 Å². The lowest BCUT2D eigenvalue weighted by Crippen LogP contribution is -2.40. The maximum absolute atomic E-state index is 5.87. The lowest BCUT2D eigenvalue weighted by molar-refractivity contribution is 0.179. The molecule has 0 heterocycles. The van der Waals surface area contributed by atoms with E-state index in [1.54, 1.807) is 7.11 Å². The summed E-state index contributed by atoms with van der Waals surface area (Å²) in [6.07, 6.45) is 0.877. The fourth-order valence-electron chi connectivity index (χ4n) is 2.40. The first kappa shape index (κ1) is 18.7. The molecule has 2 rings (SSSR count). The SMILES string of the molecule is COCC(C)NC(N)=NCCc1cccc2ccccc12.I. The van der Waals surface area contributed by atoms with Gasteiger partial charge in [0.15, 0.2) is 5.96 Å². The molecule has 2 aromatic rings. The topological polar surface area (TPSA) is 59.6 Å². The maximum atomic E-state index is 5.87. The molecule has 0 aliphatic carbocycles. The predicted molar refractivity (Wildman–Crippen MR) is 104 cm³/mol. The Morgan fingerprint density at radius 3 is 2.73 bits per heavy atom. The molecule has 0 fully saturated rings. The normalized spacial score (nSPS) is 12.7. The van der Waals surface area contributed by atoms with Crippen molar-refractivity contribution in [3.8, 4) is 0 Å². The average molecular weight is 413 g/mol. The molecule has 120 valence electrons. The lowest BCUT2D eigenvalue weighted by atomic mass is 10.0. The molecule has 0 bridgehead atoms. The smallest absolute Gasteiger partial charge is 0.188 e. The maximum Gasteiger partial charge on any atom is 0.188 e. The summed E-state index contributed by atoms with van der Waals surface area (Å²) in [6, 6.07) is 14.9. The van der Waals surface area contributed by atoms with Gasteiger partial charge in [-0.2, -0.15) is 0 Å². The van der Waals surface area contributed by atoms with E-state index in [0.717, 1.165) is 6.42 Å². The van der Waals surface area contributed by atoms with Crippen LogP contribution in [0.1, 0.15) is 12.5 Å². The summed E-state index contributed by atoms with van der Waals surface area (Å²) >= 11 is 0. The van der Waals surface area contributed by atoms with Gasteiger partial charge in [-0.05, 0) is 29.7 Å². The van der Waals surface area contributed by atoms with E-state index in [9.17, 15) is 0 Å². The van der Waals surface area contributed by atoms with Crippen LogP contribution in [-0.2, 0) is 11.2 Å². The monoisotopic (exact) mass is 413 g/mol. The molecule has 5 heteroatoms. The van der Waals surface area contributed by atoms with Crippen LogP contribution in [-0.4, -0.2) is 32.3 Å². The van der Waals surface area contributed by atoms with Gasteiger partial charge in [0.2, 0.25) is 0 Å². The van der Waals surface area contributed by atoms with Crippen molar-refractivity contribution >= 4 is 40.7 Å². The van der Waals surface area contributed by atoms with Crippen molar-refractivity contribution in [2.75, 3.05) is 20.3 Å². The van der Waals surface area contributed by atoms with E-state index in [1.807, 2.05) is 6.92 Å².